The maximum absolute atomic E-state index is 12.5. The van der Waals surface area contributed by atoms with Crippen molar-refractivity contribution in [1.29, 1.82) is 0 Å². The molecule has 1 heterocycles. The van der Waals surface area contributed by atoms with E-state index in [0.717, 1.165) is 6.54 Å². The first-order valence-electron chi connectivity index (χ1n) is 5.42. The summed E-state index contributed by atoms with van der Waals surface area (Å²) in [4.78, 5) is 1.89. The zero-order chi connectivity index (χ0) is 11.5. The quantitative estimate of drug-likeness (QED) is 0.792. The molecule has 2 nitrogen and oxygen atoms in total. The van der Waals surface area contributed by atoms with Crippen LogP contribution in [0.2, 0.25) is 0 Å². The molecule has 2 N–H and O–H groups in total. The second-order valence-corrected chi connectivity index (χ2v) is 4.48. The Kier molecular flexibility index (Phi) is 4.40. The van der Waals surface area contributed by atoms with Gasteiger partial charge in [-0.1, -0.05) is 6.92 Å². The van der Waals surface area contributed by atoms with Gasteiger partial charge in [0.15, 0.2) is 0 Å². The van der Waals surface area contributed by atoms with Gasteiger partial charge in [-0.15, -0.1) is 0 Å². The van der Waals surface area contributed by atoms with Gasteiger partial charge in [0.2, 0.25) is 0 Å². The number of alkyl halides is 3. The third kappa shape index (κ3) is 3.99. The second kappa shape index (κ2) is 5.16. The van der Waals surface area contributed by atoms with Crippen molar-refractivity contribution < 1.29 is 13.2 Å². The molecule has 5 heteroatoms. The number of likely N-dealkylation sites (tertiary alicyclic amines) is 1. The molecule has 1 aliphatic rings. The summed E-state index contributed by atoms with van der Waals surface area (Å²) in [5.41, 5.74) is 5.46. The maximum atomic E-state index is 12.5. The maximum Gasteiger partial charge on any atom is 0.393 e. The van der Waals surface area contributed by atoms with Crippen molar-refractivity contribution in [3.8, 4) is 0 Å². The lowest BCUT2D eigenvalue weighted by molar-refractivity contribution is -0.187. The lowest BCUT2D eigenvalue weighted by atomic mass is 9.96. The van der Waals surface area contributed by atoms with Crippen LogP contribution in [0.1, 0.15) is 19.8 Å². The molecule has 0 bridgehead atoms. The smallest absolute Gasteiger partial charge is 0.330 e. The average Bonchev–Trinajstić information content (AvgIpc) is 2.17. The SMILES string of the molecule is CC(CN)CN1CCCC(C(F)(F)F)C1. The number of piperidine rings is 1. The van der Waals surface area contributed by atoms with Gasteiger partial charge in [-0.3, -0.25) is 0 Å². The lowest BCUT2D eigenvalue weighted by Crippen LogP contribution is -2.44. The summed E-state index contributed by atoms with van der Waals surface area (Å²) in [5.74, 6) is -0.867. The highest BCUT2D eigenvalue weighted by Crippen LogP contribution is 2.33. The molecule has 0 spiro atoms. The first-order chi connectivity index (χ1) is 6.93. The summed E-state index contributed by atoms with van der Waals surface area (Å²) < 4.78 is 37.4. The summed E-state index contributed by atoms with van der Waals surface area (Å²) in [5, 5.41) is 0. The van der Waals surface area contributed by atoms with Gasteiger partial charge in [0.1, 0.15) is 0 Å². The molecule has 15 heavy (non-hydrogen) atoms. The summed E-state index contributed by atoms with van der Waals surface area (Å²) in [6, 6.07) is 0. The molecule has 0 aromatic heterocycles. The molecule has 0 aromatic carbocycles. The Bertz CT molecular complexity index is 194. The van der Waals surface area contributed by atoms with Crippen LogP contribution in [0.3, 0.4) is 0 Å². The van der Waals surface area contributed by atoms with Gasteiger partial charge in [-0.25, -0.2) is 0 Å². The summed E-state index contributed by atoms with van der Waals surface area (Å²) in [6.07, 6.45) is -3.12. The normalized spacial score (nSPS) is 26.6. The van der Waals surface area contributed by atoms with E-state index >= 15 is 0 Å². The Morgan fingerprint density at radius 3 is 2.67 bits per heavy atom. The molecular formula is C10H19F3N2. The van der Waals surface area contributed by atoms with Crippen molar-refractivity contribution in [3.63, 3.8) is 0 Å². The molecule has 0 radical (unpaired) electrons. The van der Waals surface area contributed by atoms with Crippen LogP contribution < -0.4 is 5.73 Å². The van der Waals surface area contributed by atoms with Crippen LogP contribution in [-0.2, 0) is 0 Å². The number of hydrogen-bond donors (Lipinski definition) is 1. The summed E-state index contributed by atoms with van der Waals surface area (Å²) in [6.45, 7) is 4.11. The van der Waals surface area contributed by atoms with Gasteiger partial charge < -0.3 is 10.6 Å². The van der Waals surface area contributed by atoms with E-state index in [2.05, 4.69) is 0 Å². The first-order valence-corrected chi connectivity index (χ1v) is 5.42. The fourth-order valence-electron chi connectivity index (χ4n) is 2.00. The minimum atomic E-state index is -4.04. The zero-order valence-corrected chi connectivity index (χ0v) is 9.06. The second-order valence-electron chi connectivity index (χ2n) is 4.48. The van der Waals surface area contributed by atoms with Gasteiger partial charge in [-0.05, 0) is 31.8 Å². The van der Waals surface area contributed by atoms with Gasteiger partial charge in [0, 0.05) is 13.1 Å². The van der Waals surface area contributed by atoms with Crippen LogP contribution in [-0.4, -0.2) is 37.3 Å². The Labute approximate surface area is 88.6 Å². The third-order valence-corrected chi connectivity index (χ3v) is 2.94. The van der Waals surface area contributed by atoms with Gasteiger partial charge in [0.05, 0.1) is 5.92 Å². The van der Waals surface area contributed by atoms with Crippen molar-refractivity contribution in [2.24, 2.45) is 17.6 Å². The molecule has 1 rings (SSSR count). The minimum absolute atomic E-state index is 0.147. The number of nitrogens with two attached hydrogens (primary N) is 1. The van der Waals surface area contributed by atoms with Gasteiger partial charge >= 0.3 is 6.18 Å². The first kappa shape index (κ1) is 12.8. The van der Waals surface area contributed by atoms with E-state index in [9.17, 15) is 13.2 Å². The predicted octanol–water partition coefficient (Wildman–Crippen LogP) is 1.86. The largest absolute Gasteiger partial charge is 0.393 e. The van der Waals surface area contributed by atoms with Crippen LogP contribution in [0.4, 0.5) is 13.2 Å². The molecule has 0 aromatic rings. The van der Waals surface area contributed by atoms with E-state index in [1.165, 1.54) is 0 Å². The molecule has 90 valence electrons. The molecular weight excluding hydrogens is 205 g/mol. The highest BCUT2D eigenvalue weighted by molar-refractivity contribution is 4.78. The van der Waals surface area contributed by atoms with Crippen LogP contribution in [0.25, 0.3) is 0 Å². The monoisotopic (exact) mass is 224 g/mol. The highest BCUT2D eigenvalue weighted by atomic mass is 19.4. The van der Waals surface area contributed by atoms with Crippen LogP contribution in [0.5, 0.6) is 0 Å². The molecule has 2 unspecified atom stereocenters. The third-order valence-electron chi connectivity index (χ3n) is 2.94. The topological polar surface area (TPSA) is 29.3 Å². The minimum Gasteiger partial charge on any atom is -0.330 e. The van der Waals surface area contributed by atoms with Gasteiger partial charge in [0.25, 0.3) is 0 Å². The Balaban J connectivity index is 2.42. The van der Waals surface area contributed by atoms with E-state index in [4.69, 9.17) is 5.73 Å². The molecule has 1 aliphatic heterocycles. The zero-order valence-electron chi connectivity index (χ0n) is 9.06. The van der Waals surface area contributed by atoms with Crippen LogP contribution in [0, 0.1) is 11.8 Å². The molecule has 1 fully saturated rings. The number of hydrogen-bond acceptors (Lipinski definition) is 2. The van der Waals surface area contributed by atoms with Crippen molar-refractivity contribution in [2.75, 3.05) is 26.2 Å². The van der Waals surface area contributed by atoms with E-state index < -0.39 is 12.1 Å². The molecule has 0 aliphatic carbocycles. The predicted molar refractivity (Wildman–Crippen MR) is 53.4 cm³/mol. The van der Waals surface area contributed by atoms with E-state index in [-0.39, 0.29) is 18.9 Å². The van der Waals surface area contributed by atoms with Crippen molar-refractivity contribution in [1.82, 2.24) is 4.90 Å². The van der Waals surface area contributed by atoms with Crippen LogP contribution in [0.15, 0.2) is 0 Å². The molecule has 0 amide bonds. The van der Waals surface area contributed by atoms with Crippen molar-refractivity contribution in [2.45, 2.75) is 25.9 Å². The Hall–Kier alpha value is -0.290. The number of nitrogens with zero attached hydrogens (tertiary/aromatic N) is 1. The molecule has 2 atom stereocenters. The van der Waals surface area contributed by atoms with E-state index in [1.54, 1.807) is 0 Å². The lowest BCUT2D eigenvalue weighted by Gasteiger charge is -2.34. The Morgan fingerprint density at radius 2 is 2.13 bits per heavy atom. The standard InChI is InChI=1S/C10H19F3N2/c1-8(5-14)6-15-4-2-3-9(7-15)10(11,12)13/h8-9H,2-7,14H2,1H3. The number of rotatable bonds is 3. The van der Waals surface area contributed by atoms with Crippen molar-refractivity contribution in [3.05, 3.63) is 0 Å². The summed E-state index contributed by atoms with van der Waals surface area (Å²) >= 11 is 0. The van der Waals surface area contributed by atoms with Crippen molar-refractivity contribution >= 4 is 0 Å². The molecule has 1 saturated heterocycles. The van der Waals surface area contributed by atoms with E-state index in [0.29, 0.717) is 19.5 Å². The highest BCUT2D eigenvalue weighted by Gasteiger charge is 2.41. The van der Waals surface area contributed by atoms with E-state index in [1.807, 2.05) is 11.8 Å². The molecule has 0 saturated carbocycles. The fourth-order valence-corrected chi connectivity index (χ4v) is 2.00. The fraction of sp³-hybridized carbons (Fsp3) is 1.00. The number of halogens is 3. The average molecular weight is 224 g/mol. The van der Waals surface area contributed by atoms with Gasteiger partial charge in [-0.2, -0.15) is 13.2 Å². The van der Waals surface area contributed by atoms with Crippen LogP contribution >= 0.6 is 0 Å². The summed E-state index contributed by atoms with van der Waals surface area (Å²) in [7, 11) is 0. The Morgan fingerprint density at radius 1 is 1.47 bits per heavy atom.